The fourth-order valence-corrected chi connectivity index (χ4v) is 2.47. The van der Waals surface area contributed by atoms with Crippen LogP contribution in [0.1, 0.15) is 18.5 Å². The SMILES string of the molecule is CC(Nc1cnc(Cl)c(Br)c1)c1ccc2c(c1)OCO2. The largest absolute Gasteiger partial charge is 0.454 e. The molecule has 0 spiro atoms. The van der Waals surface area contributed by atoms with Crippen LogP contribution in [0.5, 0.6) is 11.5 Å². The van der Waals surface area contributed by atoms with Crippen molar-refractivity contribution < 1.29 is 9.47 Å². The molecule has 0 aliphatic carbocycles. The van der Waals surface area contributed by atoms with E-state index in [-0.39, 0.29) is 12.8 Å². The third-order valence-electron chi connectivity index (χ3n) is 3.08. The molecule has 0 saturated heterocycles. The molecular formula is C14H12BrClN2O2. The van der Waals surface area contributed by atoms with Crippen LogP contribution in [0.3, 0.4) is 0 Å². The molecule has 20 heavy (non-hydrogen) atoms. The Labute approximate surface area is 130 Å². The summed E-state index contributed by atoms with van der Waals surface area (Å²) in [6.07, 6.45) is 1.70. The van der Waals surface area contributed by atoms with E-state index in [2.05, 4.69) is 33.2 Å². The van der Waals surface area contributed by atoms with E-state index in [0.717, 1.165) is 27.2 Å². The van der Waals surface area contributed by atoms with Crippen molar-refractivity contribution in [3.63, 3.8) is 0 Å². The molecule has 1 aromatic carbocycles. The molecule has 1 atom stereocenters. The average molecular weight is 356 g/mol. The molecule has 1 N–H and O–H groups in total. The Morgan fingerprint density at radius 2 is 2.10 bits per heavy atom. The van der Waals surface area contributed by atoms with Crippen LogP contribution in [0.15, 0.2) is 34.9 Å². The summed E-state index contributed by atoms with van der Waals surface area (Å²) in [5.41, 5.74) is 2.01. The Kier molecular flexibility index (Phi) is 3.72. The standard InChI is InChI=1S/C14H12BrClN2O2/c1-8(18-10-5-11(15)14(16)17-6-10)9-2-3-12-13(4-9)20-7-19-12/h2-6,8,18H,7H2,1H3. The van der Waals surface area contributed by atoms with Gasteiger partial charge >= 0.3 is 0 Å². The van der Waals surface area contributed by atoms with E-state index in [1.165, 1.54) is 0 Å². The van der Waals surface area contributed by atoms with E-state index in [4.69, 9.17) is 21.1 Å². The summed E-state index contributed by atoms with van der Waals surface area (Å²) >= 11 is 9.24. The molecule has 1 aromatic heterocycles. The number of rotatable bonds is 3. The van der Waals surface area contributed by atoms with Crippen LogP contribution in [0.2, 0.25) is 5.15 Å². The first kappa shape index (κ1) is 13.5. The highest BCUT2D eigenvalue weighted by atomic mass is 79.9. The second kappa shape index (κ2) is 5.50. The number of nitrogens with one attached hydrogen (secondary N) is 1. The lowest BCUT2D eigenvalue weighted by Crippen LogP contribution is -2.06. The van der Waals surface area contributed by atoms with Crippen molar-refractivity contribution in [1.82, 2.24) is 4.98 Å². The molecule has 3 rings (SSSR count). The van der Waals surface area contributed by atoms with Gasteiger partial charge in [0.1, 0.15) is 5.15 Å². The summed E-state index contributed by atoms with van der Waals surface area (Å²) in [6, 6.07) is 7.94. The number of nitrogens with zero attached hydrogens (tertiary/aromatic N) is 1. The summed E-state index contributed by atoms with van der Waals surface area (Å²) in [7, 11) is 0. The van der Waals surface area contributed by atoms with Crippen molar-refractivity contribution >= 4 is 33.2 Å². The van der Waals surface area contributed by atoms with Gasteiger partial charge in [0.2, 0.25) is 6.79 Å². The maximum atomic E-state index is 5.88. The second-order valence-corrected chi connectivity index (χ2v) is 5.69. The predicted octanol–water partition coefficient (Wildman–Crippen LogP) is 4.40. The summed E-state index contributed by atoms with van der Waals surface area (Å²) in [6.45, 7) is 2.36. The Hall–Kier alpha value is -1.46. The highest BCUT2D eigenvalue weighted by molar-refractivity contribution is 9.10. The lowest BCUT2D eigenvalue weighted by atomic mass is 10.1. The third kappa shape index (κ3) is 2.69. The number of pyridine rings is 1. The quantitative estimate of drug-likeness (QED) is 0.829. The molecule has 2 heterocycles. The summed E-state index contributed by atoms with van der Waals surface area (Å²) in [4.78, 5) is 4.09. The fraction of sp³-hybridized carbons (Fsp3) is 0.214. The number of ether oxygens (including phenoxy) is 2. The van der Waals surface area contributed by atoms with Crippen LogP contribution in [0, 0.1) is 0 Å². The van der Waals surface area contributed by atoms with Gasteiger partial charge in [-0.1, -0.05) is 17.7 Å². The lowest BCUT2D eigenvalue weighted by molar-refractivity contribution is 0.174. The molecule has 1 aliphatic rings. The molecule has 1 aliphatic heterocycles. The highest BCUT2D eigenvalue weighted by Crippen LogP contribution is 2.35. The van der Waals surface area contributed by atoms with E-state index in [1.54, 1.807) is 6.20 Å². The summed E-state index contributed by atoms with van der Waals surface area (Å²) < 4.78 is 11.5. The van der Waals surface area contributed by atoms with Crippen molar-refractivity contribution in [2.24, 2.45) is 0 Å². The van der Waals surface area contributed by atoms with Gasteiger partial charge in [0, 0.05) is 6.04 Å². The van der Waals surface area contributed by atoms with Gasteiger partial charge in [-0.3, -0.25) is 0 Å². The summed E-state index contributed by atoms with van der Waals surface area (Å²) in [5, 5.41) is 3.82. The van der Waals surface area contributed by atoms with Crippen LogP contribution >= 0.6 is 27.5 Å². The minimum absolute atomic E-state index is 0.111. The molecule has 104 valence electrons. The molecule has 0 amide bonds. The van der Waals surface area contributed by atoms with Gasteiger partial charge in [0.15, 0.2) is 11.5 Å². The normalized spacial score (nSPS) is 14.2. The van der Waals surface area contributed by atoms with Gasteiger partial charge in [0.05, 0.1) is 16.4 Å². The zero-order valence-electron chi connectivity index (χ0n) is 10.7. The van der Waals surface area contributed by atoms with Gasteiger partial charge in [-0.2, -0.15) is 0 Å². The van der Waals surface area contributed by atoms with Gasteiger partial charge in [0.25, 0.3) is 0 Å². The average Bonchev–Trinajstić information content (AvgIpc) is 2.90. The first-order valence-corrected chi connectivity index (χ1v) is 7.28. The van der Waals surface area contributed by atoms with E-state index in [9.17, 15) is 0 Å². The molecule has 2 aromatic rings. The number of halogens is 2. The van der Waals surface area contributed by atoms with Gasteiger partial charge in [-0.05, 0) is 46.6 Å². The Morgan fingerprint density at radius 3 is 2.90 bits per heavy atom. The molecular weight excluding hydrogens is 344 g/mol. The zero-order chi connectivity index (χ0) is 14.1. The van der Waals surface area contributed by atoms with Crippen LogP contribution in [-0.4, -0.2) is 11.8 Å². The molecule has 6 heteroatoms. The fourth-order valence-electron chi connectivity index (χ4n) is 2.02. The molecule has 0 saturated carbocycles. The number of aromatic nitrogens is 1. The first-order chi connectivity index (χ1) is 9.63. The monoisotopic (exact) mass is 354 g/mol. The van der Waals surface area contributed by atoms with Crippen LogP contribution in [0.25, 0.3) is 0 Å². The number of fused-ring (bicyclic) bond motifs is 1. The highest BCUT2D eigenvalue weighted by Gasteiger charge is 2.15. The van der Waals surface area contributed by atoms with Gasteiger partial charge < -0.3 is 14.8 Å². The predicted molar refractivity (Wildman–Crippen MR) is 81.5 cm³/mol. The topological polar surface area (TPSA) is 43.4 Å². The minimum Gasteiger partial charge on any atom is -0.454 e. The number of benzene rings is 1. The lowest BCUT2D eigenvalue weighted by Gasteiger charge is -2.16. The third-order valence-corrected chi connectivity index (χ3v) is 4.21. The number of anilines is 1. The Morgan fingerprint density at radius 1 is 1.30 bits per heavy atom. The van der Waals surface area contributed by atoms with Crippen LogP contribution in [0.4, 0.5) is 5.69 Å². The molecule has 1 unspecified atom stereocenters. The minimum atomic E-state index is 0.111. The van der Waals surface area contributed by atoms with Crippen LogP contribution < -0.4 is 14.8 Å². The van der Waals surface area contributed by atoms with Crippen molar-refractivity contribution in [3.8, 4) is 11.5 Å². The molecule has 0 fully saturated rings. The number of hydrogen-bond donors (Lipinski definition) is 1. The zero-order valence-corrected chi connectivity index (χ0v) is 13.0. The van der Waals surface area contributed by atoms with Crippen LogP contribution in [-0.2, 0) is 0 Å². The summed E-state index contributed by atoms with van der Waals surface area (Å²) in [5.74, 6) is 1.57. The van der Waals surface area contributed by atoms with E-state index >= 15 is 0 Å². The van der Waals surface area contributed by atoms with E-state index in [1.807, 2.05) is 24.3 Å². The Balaban J connectivity index is 1.78. The van der Waals surface area contributed by atoms with E-state index < -0.39 is 0 Å². The second-order valence-electron chi connectivity index (χ2n) is 4.48. The molecule has 0 radical (unpaired) electrons. The van der Waals surface area contributed by atoms with Crippen molar-refractivity contribution in [1.29, 1.82) is 0 Å². The van der Waals surface area contributed by atoms with Crippen molar-refractivity contribution in [3.05, 3.63) is 45.7 Å². The Bertz CT molecular complexity index is 651. The van der Waals surface area contributed by atoms with Crippen molar-refractivity contribution in [2.45, 2.75) is 13.0 Å². The van der Waals surface area contributed by atoms with Crippen molar-refractivity contribution in [2.75, 3.05) is 12.1 Å². The maximum absolute atomic E-state index is 5.88. The molecule has 0 bridgehead atoms. The smallest absolute Gasteiger partial charge is 0.231 e. The number of hydrogen-bond acceptors (Lipinski definition) is 4. The molecule has 4 nitrogen and oxygen atoms in total. The van der Waals surface area contributed by atoms with Gasteiger partial charge in [-0.15, -0.1) is 0 Å². The van der Waals surface area contributed by atoms with Gasteiger partial charge in [-0.25, -0.2) is 4.98 Å². The maximum Gasteiger partial charge on any atom is 0.231 e. The first-order valence-electron chi connectivity index (χ1n) is 6.10. The van der Waals surface area contributed by atoms with E-state index in [0.29, 0.717) is 5.15 Å².